The monoisotopic (exact) mass is 223 g/mol. The molecule has 0 saturated heterocycles. The first-order valence-electron chi connectivity index (χ1n) is 0.380. The Hall–Kier alpha value is 1.33. The van der Waals surface area contributed by atoms with Gasteiger partial charge in [0.05, 0.1) is 0 Å². The van der Waals surface area contributed by atoms with Crippen molar-refractivity contribution in [1.82, 2.24) is 0 Å². The molecule has 4 heteroatoms. The van der Waals surface area contributed by atoms with E-state index in [1.807, 2.05) is 0 Å². The van der Waals surface area contributed by atoms with Crippen molar-refractivity contribution in [3.05, 3.63) is 0 Å². The van der Waals surface area contributed by atoms with Crippen molar-refractivity contribution in [2.24, 2.45) is 0 Å². The van der Waals surface area contributed by atoms with E-state index in [1.165, 1.54) is 0 Å². The van der Waals surface area contributed by atoms with Crippen molar-refractivity contribution in [1.29, 1.82) is 0 Å². The molecule has 0 aliphatic rings. The molecule has 0 atom stereocenters. The summed E-state index contributed by atoms with van der Waals surface area (Å²) in [5.74, 6) is 0. The summed E-state index contributed by atoms with van der Waals surface area (Å²) in [5, 5.41) is 0. The maximum atomic E-state index is 8.38. The molecule has 0 rings (SSSR count). The Morgan fingerprint density at radius 3 is 1.25 bits per heavy atom. The van der Waals surface area contributed by atoms with Crippen LogP contribution in [-0.2, 0) is 54.9 Å². The standard InChI is InChI=1S/2O.Ru.Y. The van der Waals surface area contributed by atoms with Gasteiger partial charge in [-0.15, -0.1) is 0 Å². The second-order valence-electron chi connectivity index (χ2n) is 0. The molecular formula is O2RuY. The van der Waals surface area contributed by atoms with Gasteiger partial charge in [0, 0.05) is 0 Å². The molecular weight excluding hydrogens is 222 g/mol. The molecule has 0 radical (unpaired) electrons. The number of rotatable bonds is 0. The third-order valence-electron chi connectivity index (χ3n) is 0. The molecule has 4 heavy (non-hydrogen) atoms. The fraction of sp³-hybridized carbons (Fsp3) is 0. The van der Waals surface area contributed by atoms with Crippen LogP contribution in [0.4, 0.5) is 0 Å². The van der Waals surface area contributed by atoms with E-state index in [1.54, 1.807) is 0 Å². The summed E-state index contributed by atoms with van der Waals surface area (Å²) >= 11 is 1.20. The average molecular weight is 222 g/mol. The molecule has 23 valence electrons. The molecule has 0 bridgehead atoms. The molecule has 0 saturated carbocycles. The molecule has 0 aromatic rings. The van der Waals surface area contributed by atoms with E-state index >= 15 is 0 Å². The summed E-state index contributed by atoms with van der Waals surface area (Å²) in [6.07, 6.45) is 0. The van der Waals surface area contributed by atoms with Gasteiger partial charge < -0.3 is 0 Å². The van der Waals surface area contributed by atoms with E-state index in [0.717, 1.165) is 18.3 Å². The Balaban J connectivity index is 0. The first-order chi connectivity index (χ1) is 2.00. The van der Waals surface area contributed by atoms with Crippen LogP contribution in [0.5, 0.6) is 0 Å². The van der Waals surface area contributed by atoms with Crippen molar-refractivity contribution >= 4 is 0 Å². The summed E-state index contributed by atoms with van der Waals surface area (Å²) in [6.45, 7) is 0. The zero-order chi connectivity index (χ0) is 4.00. The van der Waals surface area contributed by atoms with Gasteiger partial charge in [-0.2, -0.15) is 0 Å². The van der Waals surface area contributed by atoms with E-state index in [9.17, 15) is 0 Å². The molecule has 0 fully saturated rings. The maximum absolute atomic E-state index is 8.38. The SMILES string of the molecule is [O]=[Ru].[O]=[Y]. The number of hydrogen-bond donors (Lipinski definition) is 0. The van der Waals surface area contributed by atoms with Gasteiger partial charge in [-0.05, 0) is 0 Å². The summed E-state index contributed by atoms with van der Waals surface area (Å²) in [6, 6.07) is 0. The van der Waals surface area contributed by atoms with Gasteiger partial charge in [0.2, 0.25) is 0 Å². The summed E-state index contributed by atoms with van der Waals surface area (Å²) in [7, 11) is 0. The Bertz CT molecular complexity index is 8.00. The van der Waals surface area contributed by atoms with Crippen LogP contribution in [-0.4, -0.2) is 0 Å². The van der Waals surface area contributed by atoms with Crippen LogP contribution in [0.3, 0.4) is 0 Å². The molecule has 0 heterocycles. The van der Waals surface area contributed by atoms with Gasteiger partial charge in [0.15, 0.2) is 0 Å². The molecule has 0 spiro atoms. The Labute approximate surface area is 54.3 Å². The second kappa shape index (κ2) is 27.2. The van der Waals surface area contributed by atoms with Gasteiger partial charge in [-0.25, -0.2) is 0 Å². The molecule has 0 aromatic carbocycles. The first-order valence-corrected chi connectivity index (χ1v) is 2.25. The van der Waals surface area contributed by atoms with Crippen LogP contribution >= 0.6 is 0 Å². The Morgan fingerprint density at radius 1 is 1.25 bits per heavy atom. The molecule has 0 aliphatic carbocycles. The Morgan fingerprint density at radius 2 is 1.25 bits per heavy atom. The van der Waals surface area contributed by atoms with Crippen LogP contribution in [0.2, 0.25) is 0 Å². The van der Waals surface area contributed by atoms with Crippen LogP contribution < -0.4 is 0 Å². The van der Waals surface area contributed by atoms with Crippen molar-refractivity contribution in [2.45, 2.75) is 0 Å². The molecule has 0 amide bonds. The molecule has 0 unspecified atom stereocenters. The zero-order valence-electron chi connectivity index (χ0n) is 1.75. The summed E-state index contributed by atoms with van der Waals surface area (Å²) in [4.78, 5) is 0. The summed E-state index contributed by atoms with van der Waals surface area (Å²) < 4.78 is 16.6. The quantitative estimate of drug-likeness (QED) is 0.530. The van der Waals surface area contributed by atoms with E-state index in [-0.39, 0.29) is 31.0 Å². The van der Waals surface area contributed by atoms with Gasteiger partial charge >= 0.3 is 54.9 Å². The minimum atomic E-state index is 0.100. The molecule has 0 N–H and O–H groups in total. The van der Waals surface area contributed by atoms with Crippen molar-refractivity contribution in [3.8, 4) is 0 Å². The second-order valence-corrected chi connectivity index (χ2v) is 0. The average Bonchev–Trinajstić information content (AvgIpc) is 1.50. The van der Waals surface area contributed by atoms with Gasteiger partial charge in [0.1, 0.15) is 0 Å². The van der Waals surface area contributed by atoms with E-state index in [0.29, 0.717) is 0 Å². The van der Waals surface area contributed by atoms with Gasteiger partial charge in [0.25, 0.3) is 0 Å². The van der Waals surface area contributed by atoms with E-state index < -0.39 is 0 Å². The van der Waals surface area contributed by atoms with Crippen LogP contribution in [0.25, 0.3) is 0 Å². The molecule has 2 nitrogen and oxygen atoms in total. The fourth-order valence-corrected chi connectivity index (χ4v) is 0. The minimum absolute atomic E-state index is 0.100. The van der Waals surface area contributed by atoms with Crippen molar-refractivity contribution in [2.75, 3.05) is 0 Å². The molecule has 0 aromatic heterocycles. The first kappa shape index (κ1) is 9.01. The van der Waals surface area contributed by atoms with E-state index in [2.05, 4.69) is 0 Å². The van der Waals surface area contributed by atoms with Crippen molar-refractivity contribution in [3.63, 3.8) is 0 Å². The summed E-state index contributed by atoms with van der Waals surface area (Å²) in [5.41, 5.74) is 0. The topological polar surface area (TPSA) is 34.1 Å². The van der Waals surface area contributed by atoms with Gasteiger partial charge in [-0.3, -0.25) is 0 Å². The van der Waals surface area contributed by atoms with Crippen LogP contribution in [0.1, 0.15) is 0 Å². The fourth-order valence-electron chi connectivity index (χ4n) is 0. The van der Waals surface area contributed by atoms with Gasteiger partial charge in [-0.1, -0.05) is 0 Å². The number of hydrogen-bond acceptors (Lipinski definition) is 2. The Kier molecular flexibility index (Phi) is 61.3. The van der Waals surface area contributed by atoms with E-state index in [4.69, 9.17) is 5.62 Å². The predicted octanol–water partition coefficient (Wildman–Crippen LogP) is -0.243. The van der Waals surface area contributed by atoms with Crippen LogP contribution in [0.15, 0.2) is 0 Å². The predicted molar refractivity (Wildman–Crippen MR) is 1.37 cm³/mol. The van der Waals surface area contributed by atoms with Crippen LogP contribution in [0, 0.1) is 0 Å². The third kappa shape index (κ3) is 10.2. The molecule has 0 aliphatic heterocycles. The third-order valence-corrected chi connectivity index (χ3v) is 0. The zero-order valence-corrected chi connectivity index (χ0v) is 6.32. The van der Waals surface area contributed by atoms with Crippen molar-refractivity contribution < 1.29 is 54.9 Å². The normalized spacial score (nSPS) is 2.75.